The number of nitrogens with zero attached hydrogens (tertiary/aromatic N) is 3. The first kappa shape index (κ1) is 14.3. The van der Waals surface area contributed by atoms with E-state index in [0.29, 0.717) is 0 Å². The lowest BCUT2D eigenvalue weighted by Gasteiger charge is -2.45. The number of aryl methyl sites for hydroxylation is 1. The molecule has 2 rings (SSSR count). The summed E-state index contributed by atoms with van der Waals surface area (Å²) in [7, 11) is 2.08. The van der Waals surface area contributed by atoms with Crippen molar-refractivity contribution in [3.05, 3.63) is 24.0 Å². The van der Waals surface area contributed by atoms with E-state index >= 15 is 0 Å². The zero-order chi connectivity index (χ0) is 14.0. The summed E-state index contributed by atoms with van der Waals surface area (Å²) in [6.45, 7) is 8.67. The third-order valence-electron chi connectivity index (χ3n) is 4.00. The third kappa shape index (κ3) is 3.25. The molecule has 0 aromatic carbocycles. The van der Waals surface area contributed by atoms with Crippen molar-refractivity contribution in [2.75, 3.05) is 31.6 Å². The highest BCUT2D eigenvalue weighted by atomic mass is 16.3. The van der Waals surface area contributed by atoms with Gasteiger partial charge in [-0.15, -0.1) is 0 Å². The van der Waals surface area contributed by atoms with Gasteiger partial charge in [0, 0.05) is 25.3 Å². The lowest BCUT2D eigenvalue weighted by molar-refractivity contribution is -0.0140. The molecule has 0 aliphatic carbocycles. The van der Waals surface area contributed by atoms with E-state index in [1.807, 2.05) is 20.0 Å². The first-order chi connectivity index (χ1) is 8.91. The van der Waals surface area contributed by atoms with E-state index in [1.165, 1.54) is 0 Å². The molecule has 1 saturated heterocycles. The van der Waals surface area contributed by atoms with Crippen LogP contribution in [-0.4, -0.2) is 53.3 Å². The number of hydrogen-bond acceptors (Lipinski definition) is 4. The summed E-state index contributed by atoms with van der Waals surface area (Å²) in [5.41, 5.74) is 1.58. The van der Waals surface area contributed by atoms with Crippen molar-refractivity contribution in [3.63, 3.8) is 0 Å². The van der Waals surface area contributed by atoms with Gasteiger partial charge in [-0.1, -0.05) is 6.92 Å². The Morgan fingerprint density at radius 1 is 1.37 bits per heavy atom. The fourth-order valence-corrected chi connectivity index (χ4v) is 2.68. The maximum Gasteiger partial charge on any atom is 0.0763 e. The van der Waals surface area contributed by atoms with Crippen LogP contribution in [0.3, 0.4) is 0 Å². The number of anilines is 1. The van der Waals surface area contributed by atoms with Crippen LogP contribution >= 0.6 is 0 Å². The molecule has 0 saturated carbocycles. The summed E-state index contributed by atoms with van der Waals surface area (Å²) in [5, 5.41) is 10.3. The van der Waals surface area contributed by atoms with Gasteiger partial charge in [0.05, 0.1) is 23.5 Å². The molecular formula is C15H25N3O. The van der Waals surface area contributed by atoms with E-state index in [1.54, 1.807) is 0 Å². The standard InChI is InChI=1S/C15H25N3O/c1-5-12-6-7-13(10-16-12)18-9-8-17(4)14(11-18)15(2,3)19/h6-7,10,14,19H,5,8-9,11H2,1-4H3. The van der Waals surface area contributed by atoms with Crippen LogP contribution in [0.2, 0.25) is 0 Å². The van der Waals surface area contributed by atoms with Crippen LogP contribution < -0.4 is 4.90 Å². The minimum atomic E-state index is -0.690. The maximum absolute atomic E-state index is 10.3. The van der Waals surface area contributed by atoms with Crippen LogP contribution in [0.4, 0.5) is 5.69 Å². The van der Waals surface area contributed by atoms with Crippen LogP contribution in [0.15, 0.2) is 18.3 Å². The highest BCUT2D eigenvalue weighted by Gasteiger charge is 2.35. The molecule has 1 aliphatic rings. The van der Waals surface area contributed by atoms with E-state index < -0.39 is 5.60 Å². The molecule has 2 heterocycles. The summed E-state index contributed by atoms with van der Waals surface area (Å²) in [6, 6.07) is 4.37. The maximum atomic E-state index is 10.3. The zero-order valence-electron chi connectivity index (χ0n) is 12.4. The van der Waals surface area contributed by atoms with Gasteiger partial charge < -0.3 is 10.0 Å². The fourth-order valence-electron chi connectivity index (χ4n) is 2.68. The Morgan fingerprint density at radius 2 is 2.11 bits per heavy atom. The predicted molar refractivity (Wildman–Crippen MR) is 78.5 cm³/mol. The number of pyridine rings is 1. The average Bonchev–Trinajstić information content (AvgIpc) is 2.38. The molecule has 4 nitrogen and oxygen atoms in total. The molecular weight excluding hydrogens is 238 g/mol. The molecule has 1 unspecified atom stereocenters. The van der Waals surface area contributed by atoms with Crippen molar-refractivity contribution in [2.24, 2.45) is 0 Å². The lowest BCUT2D eigenvalue weighted by Crippen LogP contribution is -2.59. The van der Waals surface area contributed by atoms with Crippen LogP contribution in [0.1, 0.15) is 26.5 Å². The number of aromatic nitrogens is 1. The highest BCUT2D eigenvalue weighted by Crippen LogP contribution is 2.23. The first-order valence-electron chi connectivity index (χ1n) is 7.04. The normalized spacial score (nSPS) is 21.7. The Kier molecular flexibility index (Phi) is 4.11. The van der Waals surface area contributed by atoms with Gasteiger partial charge in [0.25, 0.3) is 0 Å². The summed E-state index contributed by atoms with van der Waals surface area (Å²) >= 11 is 0. The van der Waals surface area contributed by atoms with Gasteiger partial charge in [-0.3, -0.25) is 9.88 Å². The fraction of sp³-hybridized carbons (Fsp3) is 0.667. The van der Waals surface area contributed by atoms with Crippen molar-refractivity contribution in [2.45, 2.75) is 38.8 Å². The van der Waals surface area contributed by atoms with Gasteiger partial charge in [0.15, 0.2) is 0 Å². The molecule has 4 heteroatoms. The smallest absolute Gasteiger partial charge is 0.0763 e. The molecule has 1 aliphatic heterocycles. The van der Waals surface area contributed by atoms with Crippen LogP contribution in [0.5, 0.6) is 0 Å². The Morgan fingerprint density at radius 3 is 2.63 bits per heavy atom. The van der Waals surface area contributed by atoms with Crippen molar-refractivity contribution < 1.29 is 5.11 Å². The topological polar surface area (TPSA) is 39.6 Å². The second kappa shape index (κ2) is 5.47. The molecule has 0 radical (unpaired) electrons. The van der Waals surface area contributed by atoms with Gasteiger partial charge in [-0.25, -0.2) is 0 Å². The van der Waals surface area contributed by atoms with E-state index in [0.717, 1.165) is 37.4 Å². The summed E-state index contributed by atoms with van der Waals surface area (Å²) < 4.78 is 0. The number of aliphatic hydroxyl groups is 1. The number of likely N-dealkylation sites (N-methyl/N-ethyl adjacent to an activating group) is 1. The molecule has 1 aromatic heterocycles. The second-order valence-corrected chi connectivity index (χ2v) is 5.96. The van der Waals surface area contributed by atoms with E-state index in [2.05, 4.69) is 40.9 Å². The Hall–Kier alpha value is -1.13. The Bertz CT molecular complexity index is 410. The van der Waals surface area contributed by atoms with Crippen molar-refractivity contribution in [3.8, 4) is 0 Å². The molecule has 106 valence electrons. The molecule has 1 N–H and O–H groups in total. The monoisotopic (exact) mass is 263 g/mol. The van der Waals surface area contributed by atoms with Crippen LogP contribution in [0.25, 0.3) is 0 Å². The van der Waals surface area contributed by atoms with Gasteiger partial charge >= 0.3 is 0 Å². The minimum Gasteiger partial charge on any atom is -0.389 e. The predicted octanol–water partition coefficient (Wildman–Crippen LogP) is 1.54. The molecule has 1 atom stereocenters. The van der Waals surface area contributed by atoms with Crippen LogP contribution in [0, 0.1) is 0 Å². The summed E-state index contributed by atoms with van der Waals surface area (Å²) in [5.74, 6) is 0. The van der Waals surface area contributed by atoms with E-state index in [4.69, 9.17) is 0 Å². The van der Waals surface area contributed by atoms with Crippen LogP contribution in [-0.2, 0) is 6.42 Å². The summed E-state index contributed by atoms with van der Waals surface area (Å²) in [4.78, 5) is 9.02. The highest BCUT2D eigenvalue weighted by molar-refractivity contribution is 5.45. The second-order valence-electron chi connectivity index (χ2n) is 5.96. The Labute approximate surface area is 116 Å². The van der Waals surface area contributed by atoms with Gasteiger partial charge in [-0.05, 0) is 39.4 Å². The molecule has 0 amide bonds. The number of rotatable bonds is 3. The van der Waals surface area contributed by atoms with Crippen molar-refractivity contribution >= 4 is 5.69 Å². The largest absolute Gasteiger partial charge is 0.389 e. The SMILES string of the molecule is CCc1ccc(N2CCN(C)C(C(C)(C)O)C2)cn1. The Balaban J connectivity index is 2.12. The first-order valence-corrected chi connectivity index (χ1v) is 7.04. The van der Waals surface area contributed by atoms with Crippen molar-refractivity contribution in [1.82, 2.24) is 9.88 Å². The number of hydrogen-bond donors (Lipinski definition) is 1. The molecule has 1 fully saturated rings. The zero-order valence-corrected chi connectivity index (χ0v) is 12.4. The van der Waals surface area contributed by atoms with Gasteiger partial charge in [-0.2, -0.15) is 0 Å². The third-order valence-corrected chi connectivity index (χ3v) is 4.00. The number of piperazine rings is 1. The quantitative estimate of drug-likeness (QED) is 0.898. The van der Waals surface area contributed by atoms with Crippen molar-refractivity contribution in [1.29, 1.82) is 0 Å². The van der Waals surface area contributed by atoms with Gasteiger partial charge in [0.2, 0.25) is 0 Å². The summed E-state index contributed by atoms with van der Waals surface area (Å²) in [6.07, 6.45) is 2.92. The lowest BCUT2D eigenvalue weighted by atomic mass is 9.95. The molecule has 1 aromatic rings. The average molecular weight is 263 g/mol. The van der Waals surface area contributed by atoms with Gasteiger partial charge in [0.1, 0.15) is 0 Å². The molecule has 19 heavy (non-hydrogen) atoms. The van der Waals surface area contributed by atoms with E-state index in [9.17, 15) is 5.11 Å². The molecule has 0 spiro atoms. The molecule has 0 bridgehead atoms. The minimum absolute atomic E-state index is 0.145. The van der Waals surface area contributed by atoms with E-state index in [-0.39, 0.29) is 6.04 Å².